The van der Waals surface area contributed by atoms with Gasteiger partial charge in [-0.05, 0) is 117 Å². The topological polar surface area (TPSA) is 21.3 Å². The summed E-state index contributed by atoms with van der Waals surface area (Å²) in [6.45, 7) is 0. The van der Waals surface area contributed by atoms with Crippen LogP contribution in [-0.2, 0) is 5.41 Å². The van der Waals surface area contributed by atoms with E-state index in [4.69, 9.17) is 4.42 Å². The molecular formula is C63H42N2O. The van der Waals surface area contributed by atoms with Gasteiger partial charge in [-0.25, -0.2) is 0 Å². The number of hydrogen-bond acceptors (Lipinski definition) is 2. The Bertz CT molecular complexity index is 3700. The zero-order valence-electron chi connectivity index (χ0n) is 36.1. The third kappa shape index (κ3) is 5.77. The van der Waals surface area contributed by atoms with Crippen molar-refractivity contribution in [1.82, 2.24) is 4.57 Å². The van der Waals surface area contributed by atoms with Gasteiger partial charge in [0.25, 0.3) is 0 Å². The molecule has 3 heteroatoms. The minimum Gasteiger partial charge on any atom is -0.453 e. The second kappa shape index (κ2) is 15.3. The van der Waals surface area contributed by atoms with Gasteiger partial charge in [0.05, 0.1) is 10.9 Å². The number of anilines is 3. The highest BCUT2D eigenvalue weighted by atomic mass is 16.3. The fraction of sp³-hybridized carbons (Fsp3) is 0.0159. The molecule has 10 aromatic carbocycles. The monoisotopic (exact) mass is 842 g/mol. The summed E-state index contributed by atoms with van der Waals surface area (Å²) in [7, 11) is 0. The molecule has 0 saturated carbocycles. The predicted molar refractivity (Wildman–Crippen MR) is 273 cm³/mol. The highest BCUT2D eigenvalue weighted by Crippen LogP contribution is 2.57. The van der Waals surface area contributed by atoms with E-state index >= 15 is 0 Å². The van der Waals surface area contributed by atoms with Crippen molar-refractivity contribution >= 4 is 50.0 Å². The first-order chi connectivity index (χ1) is 32.8. The van der Waals surface area contributed by atoms with Gasteiger partial charge in [-0.15, -0.1) is 0 Å². The first kappa shape index (κ1) is 37.9. The van der Waals surface area contributed by atoms with E-state index in [0.717, 1.165) is 66.8 Å². The molecule has 0 N–H and O–H groups in total. The molecule has 0 unspecified atom stereocenters. The quantitative estimate of drug-likeness (QED) is 0.152. The lowest BCUT2D eigenvalue weighted by Crippen LogP contribution is -2.28. The van der Waals surface area contributed by atoms with Crippen molar-refractivity contribution in [1.29, 1.82) is 0 Å². The fourth-order valence-corrected chi connectivity index (χ4v) is 10.8. The van der Waals surface area contributed by atoms with Crippen molar-refractivity contribution in [2.75, 3.05) is 4.90 Å². The third-order valence-corrected chi connectivity index (χ3v) is 13.7. The molecule has 0 spiro atoms. The van der Waals surface area contributed by atoms with Gasteiger partial charge in [-0.2, -0.15) is 0 Å². The van der Waals surface area contributed by atoms with E-state index in [0.29, 0.717) is 0 Å². The molecule has 0 radical (unpaired) electrons. The fourth-order valence-electron chi connectivity index (χ4n) is 10.8. The van der Waals surface area contributed by atoms with Crippen molar-refractivity contribution in [3.63, 3.8) is 0 Å². The van der Waals surface area contributed by atoms with Gasteiger partial charge in [0, 0.05) is 39.1 Å². The number of furan rings is 1. The molecule has 0 bridgehead atoms. The van der Waals surface area contributed by atoms with Gasteiger partial charge in [0.15, 0.2) is 5.58 Å². The van der Waals surface area contributed by atoms with Crippen molar-refractivity contribution < 1.29 is 4.42 Å². The molecule has 1 aliphatic carbocycles. The molecular weight excluding hydrogens is 801 g/mol. The summed E-state index contributed by atoms with van der Waals surface area (Å²) in [4.78, 5) is 2.41. The molecule has 2 heterocycles. The highest BCUT2D eigenvalue weighted by molar-refractivity contribution is 6.18. The zero-order chi connectivity index (χ0) is 43.6. The van der Waals surface area contributed by atoms with Crippen LogP contribution >= 0.6 is 0 Å². The minimum atomic E-state index is -0.531. The molecule has 12 aromatic rings. The van der Waals surface area contributed by atoms with Gasteiger partial charge in [-0.3, -0.25) is 0 Å². The lowest BCUT2D eigenvalue weighted by Gasteiger charge is -2.35. The van der Waals surface area contributed by atoms with Crippen LogP contribution in [0.15, 0.2) is 259 Å². The number of aromatic nitrogens is 1. The Hall–Kier alpha value is -8.66. The van der Waals surface area contributed by atoms with Crippen LogP contribution in [-0.4, -0.2) is 4.57 Å². The van der Waals surface area contributed by atoms with Crippen LogP contribution in [0.5, 0.6) is 0 Å². The maximum atomic E-state index is 7.03. The molecule has 3 nitrogen and oxygen atoms in total. The molecule has 66 heavy (non-hydrogen) atoms. The molecule has 0 aliphatic heterocycles. The maximum Gasteiger partial charge on any atom is 0.161 e. The molecule has 0 atom stereocenters. The first-order valence-corrected chi connectivity index (χ1v) is 22.7. The van der Waals surface area contributed by atoms with Crippen LogP contribution in [0.4, 0.5) is 17.1 Å². The van der Waals surface area contributed by atoms with Crippen LogP contribution in [0.3, 0.4) is 0 Å². The highest BCUT2D eigenvalue weighted by Gasteiger charge is 2.46. The Morgan fingerprint density at radius 3 is 1.65 bits per heavy atom. The second-order valence-electron chi connectivity index (χ2n) is 17.2. The number of nitrogens with zero attached hydrogens (tertiary/aromatic N) is 2. The number of hydrogen-bond donors (Lipinski definition) is 0. The van der Waals surface area contributed by atoms with E-state index in [1.54, 1.807) is 0 Å². The lowest BCUT2D eigenvalue weighted by molar-refractivity contribution is 0.674. The third-order valence-electron chi connectivity index (χ3n) is 13.7. The van der Waals surface area contributed by atoms with Crippen LogP contribution in [0.2, 0.25) is 0 Å². The van der Waals surface area contributed by atoms with Crippen molar-refractivity contribution in [2.24, 2.45) is 0 Å². The van der Waals surface area contributed by atoms with Crippen LogP contribution in [0, 0.1) is 0 Å². The molecule has 310 valence electrons. The van der Waals surface area contributed by atoms with Gasteiger partial charge >= 0.3 is 0 Å². The standard InChI is InChI=1S/C63H42N2O/c1-5-19-43(20-6-1)44-35-37-49(38-36-44)64(51-39-40-54-53-29-13-15-33-57(53)63(58(54)42-51,46-22-7-2-8-23-46)47-24-9-3-10-25-47)50-28-17-21-45(41-50)52-31-18-32-56-60-62(66-61(52)56)55-30-14-16-34-59(55)65(60)48-26-11-4-12-27-48/h1-42H. The second-order valence-corrected chi connectivity index (χ2v) is 17.2. The average molecular weight is 843 g/mol. The summed E-state index contributed by atoms with van der Waals surface area (Å²) in [5.74, 6) is 0. The summed E-state index contributed by atoms with van der Waals surface area (Å²) in [5, 5.41) is 2.18. The largest absolute Gasteiger partial charge is 0.453 e. The Morgan fingerprint density at radius 1 is 0.348 bits per heavy atom. The summed E-state index contributed by atoms with van der Waals surface area (Å²) < 4.78 is 9.37. The van der Waals surface area contributed by atoms with Crippen LogP contribution < -0.4 is 4.90 Å². The van der Waals surface area contributed by atoms with E-state index in [9.17, 15) is 0 Å². The van der Waals surface area contributed by atoms with Crippen molar-refractivity contribution in [2.45, 2.75) is 5.41 Å². The van der Waals surface area contributed by atoms with E-state index in [1.807, 2.05) is 0 Å². The first-order valence-electron chi connectivity index (χ1n) is 22.7. The van der Waals surface area contributed by atoms with Crippen molar-refractivity contribution in [3.8, 4) is 39.1 Å². The zero-order valence-corrected chi connectivity index (χ0v) is 36.1. The molecule has 0 amide bonds. The number of fused-ring (bicyclic) bond motifs is 8. The van der Waals surface area contributed by atoms with E-state index < -0.39 is 5.41 Å². The summed E-state index contributed by atoms with van der Waals surface area (Å²) in [6.07, 6.45) is 0. The molecule has 1 aliphatic rings. The van der Waals surface area contributed by atoms with Gasteiger partial charge in [-0.1, -0.05) is 188 Å². The lowest BCUT2D eigenvalue weighted by atomic mass is 9.67. The van der Waals surface area contributed by atoms with Gasteiger partial charge in [0.2, 0.25) is 0 Å². The SMILES string of the molecule is c1ccc(-c2ccc(N(c3cccc(-c4cccc5c4oc4c6ccccc6n(-c6ccccc6)c54)c3)c3ccc4c(c3)C(c3ccccc3)(c3ccccc3)c3ccccc3-4)cc2)cc1. The van der Waals surface area contributed by atoms with Gasteiger partial charge < -0.3 is 13.9 Å². The Kier molecular flexibility index (Phi) is 8.75. The average Bonchev–Trinajstić information content (AvgIpc) is 4.03. The number of rotatable bonds is 8. The van der Waals surface area contributed by atoms with Crippen molar-refractivity contribution in [3.05, 3.63) is 277 Å². The van der Waals surface area contributed by atoms with E-state index in [1.165, 1.54) is 44.5 Å². The molecule has 13 rings (SSSR count). The molecule has 0 saturated heterocycles. The Morgan fingerprint density at radius 2 is 0.894 bits per heavy atom. The normalized spacial score (nSPS) is 12.7. The van der Waals surface area contributed by atoms with E-state index in [-0.39, 0.29) is 0 Å². The molecule has 2 aromatic heterocycles. The molecule has 0 fully saturated rings. The maximum absolute atomic E-state index is 7.03. The minimum absolute atomic E-state index is 0.531. The van der Waals surface area contributed by atoms with E-state index in [2.05, 4.69) is 264 Å². The van der Waals surface area contributed by atoms with Crippen LogP contribution in [0.1, 0.15) is 22.3 Å². The Balaban J connectivity index is 1.02. The van der Waals surface area contributed by atoms with Gasteiger partial charge in [0.1, 0.15) is 11.1 Å². The summed E-state index contributed by atoms with van der Waals surface area (Å²) >= 11 is 0. The summed E-state index contributed by atoms with van der Waals surface area (Å²) in [5.41, 5.74) is 19.8. The summed E-state index contributed by atoms with van der Waals surface area (Å²) in [6, 6.07) is 92.3. The van der Waals surface area contributed by atoms with Crippen LogP contribution in [0.25, 0.3) is 72.0 Å². The predicted octanol–water partition coefficient (Wildman–Crippen LogP) is 16.7. The smallest absolute Gasteiger partial charge is 0.161 e. The number of benzene rings is 10. The Labute approximate surface area is 383 Å². The number of para-hydroxylation sites is 3.